The Hall–Kier alpha value is -2.36. The Labute approximate surface area is 143 Å². The molecule has 1 aliphatic carbocycles. The van der Waals surface area contributed by atoms with Crippen molar-refractivity contribution in [1.29, 1.82) is 0 Å². The van der Waals surface area contributed by atoms with Crippen molar-refractivity contribution in [3.63, 3.8) is 0 Å². The van der Waals surface area contributed by atoms with E-state index in [0.29, 0.717) is 11.5 Å². The Kier molecular flexibility index (Phi) is 4.56. The summed E-state index contributed by atoms with van der Waals surface area (Å²) in [6.07, 6.45) is 6.98. The third-order valence-corrected chi connectivity index (χ3v) is 4.51. The monoisotopic (exact) mass is 323 g/mol. The Bertz CT molecular complexity index is 744. The fraction of sp³-hybridized carbons (Fsp3) is 0.400. The summed E-state index contributed by atoms with van der Waals surface area (Å²) in [6, 6.07) is 11.5. The van der Waals surface area contributed by atoms with E-state index in [1.54, 1.807) is 0 Å². The van der Waals surface area contributed by atoms with E-state index in [-0.39, 0.29) is 11.3 Å². The number of carbonyl (C=O) groups is 1. The molecule has 1 fully saturated rings. The van der Waals surface area contributed by atoms with Crippen molar-refractivity contribution in [2.45, 2.75) is 40.0 Å². The fourth-order valence-electron chi connectivity index (χ4n) is 3.78. The predicted molar refractivity (Wildman–Crippen MR) is 97.5 cm³/mol. The standard InChI is InChI=1S/C20H25N3O/c1-15-12-16(14-20(2,3)13-15)21-22-19(24)17-8-4-5-9-18(17)23-10-6-7-11-23/h4-11,15H,12-14H2,1-3H3,(H,22,24)/b21-16+/t15-/m0/s1. The molecule has 24 heavy (non-hydrogen) atoms. The molecule has 0 saturated heterocycles. The minimum atomic E-state index is -0.164. The summed E-state index contributed by atoms with van der Waals surface area (Å²) >= 11 is 0. The molecule has 0 spiro atoms. The Morgan fingerprint density at radius 3 is 2.62 bits per heavy atom. The Morgan fingerprint density at radius 2 is 1.92 bits per heavy atom. The maximum absolute atomic E-state index is 12.6. The zero-order valence-corrected chi connectivity index (χ0v) is 14.6. The van der Waals surface area contributed by atoms with Crippen molar-refractivity contribution in [2.24, 2.45) is 16.4 Å². The normalized spacial score (nSPS) is 21.6. The molecule has 0 unspecified atom stereocenters. The van der Waals surface area contributed by atoms with Gasteiger partial charge in [-0.2, -0.15) is 5.10 Å². The van der Waals surface area contributed by atoms with Crippen molar-refractivity contribution < 1.29 is 4.79 Å². The highest BCUT2D eigenvalue weighted by Gasteiger charge is 2.29. The third kappa shape index (κ3) is 3.75. The molecular formula is C20H25N3O. The molecule has 1 aliphatic rings. The van der Waals surface area contributed by atoms with Gasteiger partial charge in [-0.05, 0) is 54.9 Å². The first-order chi connectivity index (χ1) is 11.4. The van der Waals surface area contributed by atoms with Gasteiger partial charge in [-0.3, -0.25) is 4.79 Å². The van der Waals surface area contributed by atoms with E-state index in [2.05, 4.69) is 31.3 Å². The van der Waals surface area contributed by atoms with E-state index in [1.807, 2.05) is 53.4 Å². The Morgan fingerprint density at radius 1 is 1.21 bits per heavy atom. The van der Waals surface area contributed by atoms with E-state index < -0.39 is 0 Å². The highest BCUT2D eigenvalue weighted by atomic mass is 16.2. The number of carbonyl (C=O) groups excluding carboxylic acids is 1. The zero-order valence-electron chi connectivity index (χ0n) is 14.6. The second-order valence-electron chi connectivity index (χ2n) is 7.58. The van der Waals surface area contributed by atoms with Crippen LogP contribution in [0.25, 0.3) is 5.69 Å². The van der Waals surface area contributed by atoms with Gasteiger partial charge in [0.2, 0.25) is 0 Å². The van der Waals surface area contributed by atoms with Crippen LogP contribution in [0.4, 0.5) is 0 Å². The molecule has 1 heterocycles. The maximum Gasteiger partial charge on any atom is 0.273 e. The summed E-state index contributed by atoms with van der Waals surface area (Å²) in [5.41, 5.74) is 5.59. The first kappa shape index (κ1) is 16.5. The lowest BCUT2D eigenvalue weighted by molar-refractivity contribution is 0.0954. The van der Waals surface area contributed by atoms with Gasteiger partial charge in [0.15, 0.2) is 0 Å². The summed E-state index contributed by atoms with van der Waals surface area (Å²) in [5, 5.41) is 4.44. The van der Waals surface area contributed by atoms with Crippen LogP contribution < -0.4 is 5.43 Å². The number of para-hydroxylation sites is 1. The number of amides is 1. The summed E-state index contributed by atoms with van der Waals surface area (Å²) < 4.78 is 1.94. The van der Waals surface area contributed by atoms with Crippen LogP contribution in [0.2, 0.25) is 0 Å². The largest absolute Gasteiger partial charge is 0.323 e. The van der Waals surface area contributed by atoms with Crippen LogP contribution >= 0.6 is 0 Å². The fourth-order valence-corrected chi connectivity index (χ4v) is 3.78. The van der Waals surface area contributed by atoms with Crippen molar-refractivity contribution >= 4 is 11.6 Å². The number of benzene rings is 1. The summed E-state index contributed by atoms with van der Waals surface area (Å²) in [5.74, 6) is 0.444. The van der Waals surface area contributed by atoms with E-state index in [1.165, 1.54) is 6.42 Å². The first-order valence-electron chi connectivity index (χ1n) is 8.53. The molecule has 2 aromatic rings. The molecular weight excluding hydrogens is 298 g/mol. The van der Waals surface area contributed by atoms with Gasteiger partial charge >= 0.3 is 0 Å². The van der Waals surface area contributed by atoms with Gasteiger partial charge in [0.1, 0.15) is 0 Å². The minimum absolute atomic E-state index is 0.164. The molecule has 1 amide bonds. The smallest absolute Gasteiger partial charge is 0.273 e. The van der Waals surface area contributed by atoms with Gasteiger partial charge in [-0.15, -0.1) is 0 Å². The average Bonchev–Trinajstić information content (AvgIpc) is 3.05. The zero-order chi connectivity index (χ0) is 17.2. The van der Waals surface area contributed by atoms with Gasteiger partial charge in [-0.1, -0.05) is 32.9 Å². The van der Waals surface area contributed by atoms with Crippen LogP contribution in [0.5, 0.6) is 0 Å². The molecule has 3 rings (SSSR count). The third-order valence-electron chi connectivity index (χ3n) is 4.51. The molecule has 4 nitrogen and oxygen atoms in total. The molecule has 1 aromatic heterocycles. The Balaban J connectivity index is 1.78. The topological polar surface area (TPSA) is 46.4 Å². The summed E-state index contributed by atoms with van der Waals surface area (Å²) in [6.45, 7) is 6.78. The number of nitrogens with one attached hydrogen (secondary N) is 1. The molecule has 1 aromatic carbocycles. The van der Waals surface area contributed by atoms with E-state index in [0.717, 1.165) is 24.2 Å². The lowest BCUT2D eigenvalue weighted by Gasteiger charge is -2.34. The number of nitrogens with zero attached hydrogens (tertiary/aromatic N) is 2. The predicted octanol–water partition coefficient (Wildman–Crippen LogP) is 4.41. The van der Waals surface area contributed by atoms with Crippen LogP contribution in [0.1, 0.15) is 50.4 Å². The van der Waals surface area contributed by atoms with Crippen LogP contribution in [-0.2, 0) is 0 Å². The molecule has 0 radical (unpaired) electrons. The number of aromatic nitrogens is 1. The van der Waals surface area contributed by atoms with Crippen LogP contribution in [0.15, 0.2) is 53.9 Å². The molecule has 1 saturated carbocycles. The summed E-state index contributed by atoms with van der Waals surface area (Å²) in [4.78, 5) is 12.6. The average molecular weight is 323 g/mol. The maximum atomic E-state index is 12.6. The number of hydrazone groups is 1. The van der Waals surface area contributed by atoms with E-state index >= 15 is 0 Å². The van der Waals surface area contributed by atoms with Crippen molar-refractivity contribution in [3.8, 4) is 5.69 Å². The number of hydrogen-bond acceptors (Lipinski definition) is 2. The van der Waals surface area contributed by atoms with Crippen molar-refractivity contribution in [3.05, 3.63) is 54.4 Å². The van der Waals surface area contributed by atoms with Gasteiger partial charge in [-0.25, -0.2) is 5.43 Å². The molecule has 1 N–H and O–H groups in total. The molecule has 4 heteroatoms. The van der Waals surface area contributed by atoms with Gasteiger partial charge in [0, 0.05) is 18.1 Å². The van der Waals surface area contributed by atoms with Gasteiger partial charge < -0.3 is 4.57 Å². The highest BCUT2D eigenvalue weighted by Crippen LogP contribution is 2.36. The van der Waals surface area contributed by atoms with Crippen molar-refractivity contribution in [2.75, 3.05) is 0 Å². The second-order valence-corrected chi connectivity index (χ2v) is 7.58. The number of rotatable bonds is 3. The van der Waals surface area contributed by atoms with Gasteiger partial charge in [0.05, 0.1) is 11.3 Å². The number of hydrogen-bond donors (Lipinski definition) is 1. The molecule has 0 aliphatic heterocycles. The SMILES string of the molecule is C[C@H]1C/C(=N\NC(=O)c2ccccc2-n2cccc2)CC(C)(C)C1. The quantitative estimate of drug-likeness (QED) is 0.836. The van der Waals surface area contributed by atoms with Gasteiger partial charge in [0.25, 0.3) is 5.91 Å². The molecule has 126 valence electrons. The second kappa shape index (κ2) is 6.63. The van der Waals surface area contributed by atoms with Crippen LogP contribution in [-0.4, -0.2) is 16.2 Å². The lowest BCUT2D eigenvalue weighted by Crippen LogP contribution is -2.30. The lowest BCUT2D eigenvalue weighted by atomic mass is 9.72. The van der Waals surface area contributed by atoms with E-state index in [4.69, 9.17) is 0 Å². The minimum Gasteiger partial charge on any atom is -0.323 e. The van der Waals surface area contributed by atoms with Crippen molar-refractivity contribution in [1.82, 2.24) is 9.99 Å². The van der Waals surface area contributed by atoms with E-state index in [9.17, 15) is 4.79 Å². The van der Waals surface area contributed by atoms with Crippen LogP contribution in [0.3, 0.4) is 0 Å². The summed E-state index contributed by atoms with van der Waals surface area (Å²) in [7, 11) is 0. The molecule has 1 atom stereocenters. The van der Waals surface area contributed by atoms with Crippen LogP contribution in [0, 0.1) is 11.3 Å². The highest BCUT2D eigenvalue weighted by molar-refractivity contribution is 5.98. The first-order valence-corrected chi connectivity index (χ1v) is 8.53. The molecule has 0 bridgehead atoms.